The maximum absolute atomic E-state index is 10.7. The van der Waals surface area contributed by atoms with E-state index in [-0.39, 0.29) is 29.6 Å². The van der Waals surface area contributed by atoms with Crippen LogP contribution in [0, 0.1) is 0 Å². The van der Waals surface area contributed by atoms with Crippen LogP contribution in [0.1, 0.15) is 20.8 Å². The van der Waals surface area contributed by atoms with Gasteiger partial charge in [0.1, 0.15) is 0 Å². The van der Waals surface area contributed by atoms with Crippen LogP contribution >= 0.6 is 0 Å². The summed E-state index contributed by atoms with van der Waals surface area (Å²) in [5.41, 5.74) is -0.444. The molecule has 0 aromatic rings. The van der Waals surface area contributed by atoms with Gasteiger partial charge in [-0.3, -0.25) is 9.59 Å². The molecule has 0 aromatic carbocycles. The van der Waals surface area contributed by atoms with Crippen molar-refractivity contribution in [3.8, 4) is 0 Å². The summed E-state index contributed by atoms with van der Waals surface area (Å²) < 4.78 is 8.95. The van der Waals surface area contributed by atoms with Crippen LogP contribution in [0.15, 0.2) is 0 Å². The summed E-state index contributed by atoms with van der Waals surface area (Å²) in [6.45, 7) is 3.49. The Morgan fingerprint density at radius 2 is 1.23 bits per heavy atom. The fourth-order valence-electron chi connectivity index (χ4n) is 0.602. The fourth-order valence-corrected chi connectivity index (χ4v) is 0.602. The monoisotopic (exact) mass is 196 g/mol. The van der Waals surface area contributed by atoms with Gasteiger partial charge in [0.25, 0.3) is 11.9 Å². The van der Waals surface area contributed by atoms with Gasteiger partial charge in [-0.2, -0.15) is 0 Å². The number of carbonyl (C=O) groups excluding carboxylic acids is 3. The van der Waals surface area contributed by atoms with Crippen molar-refractivity contribution in [2.75, 3.05) is 0 Å². The van der Waals surface area contributed by atoms with Gasteiger partial charge in [0.2, 0.25) is 0 Å². The average molecular weight is 196 g/mol. The maximum atomic E-state index is 10.7. The molecule has 0 radical (unpaired) electrons. The normalized spacial score (nSPS) is 8.62. The molecule has 0 heterocycles. The molecule has 0 unspecified atom stereocenters. The van der Waals surface area contributed by atoms with E-state index >= 15 is 0 Å². The first-order valence-electron chi connectivity index (χ1n) is 3.45. The zero-order valence-corrected chi connectivity index (χ0v) is 10.2. The van der Waals surface area contributed by atoms with Gasteiger partial charge in [-0.1, -0.05) is 0 Å². The van der Waals surface area contributed by atoms with Gasteiger partial charge in [0.05, 0.1) is 5.68 Å². The molecule has 13 heavy (non-hydrogen) atoms. The Kier molecular flexibility index (Phi) is 8.30. The van der Waals surface area contributed by atoms with Gasteiger partial charge in [-0.25, -0.2) is 0 Å². The van der Waals surface area contributed by atoms with E-state index < -0.39 is 24.7 Å². The van der Waals surface area contributed by atoms with E-state index in [1.807, 2.05) is 0 Å². The molecule has 0 fully saturated rings. The summed E-state index contributed by atoms with van der Waals surface area (Å²) in [5, 5.41) is 0. The minimum atomic E-state index is -2.22. The summed E-state index contributed by atoms with van der Waals surface area (Å²) in [5.74, 6) is -1.27. The second-order valence-corrected chi connectivity index (χ2v) is 2.38. The smallest absolute Gasteiger partial charge is 0.654 e. The second kappa shape index (κ2) is 7.11. The van der Waals surface area contributed by atoms with Gasteiger partial charge >= 0.3 is 36.7 Å². The van der Waals surface area contributed by atoms with E-state index in [0.29, 0.717) is 0 Å². The van der Waals surface area contributed by atoms with E-state index in [4.69, 9.17) is 0 Å². The third-order valence-electron chi connectivity index (χ3n) is 1.08. The van der Waals surface area contributed by atoms with Crippen molar-refractivity contribution in [2.24, 2.45) is 0 Å². The van der Waals surface area contributed by atoms with Crippen LogP contribution in [0.25, 0.3) is 0 Å². The van der Waals surface area contributed by atoms with Gasteiger partial charge in [-0.05, 0) is 6.92 Å². The SMILES string of the molecule is CC(=O)O[BH-](OC(C)=O)C(C)=O.[Na+]. The Bertz CT molecular complexity index is 201. The molecule has 0 spiro atoms. The van der Waals surface area contributed by atoms with Crippen molar-refractivity contribution >= 4 is 24.7 Å². The summed E-state index contributed by atoms with van der Waals surface area (Å²) in [6.07, 6.45) is 0. The van der Waals surface area contributed by atoms with Crippen molar-refractivity contribution < 1.29 is 53.2 Å². The third kappa shape index (κ3) is 8.02. The molecular weight excluding hydrogens is 186 g/mol. The first-order chi connectivity index (χ1) is 5.43. The van der Waals surface area contributed by atoms with Crippen molar-refractivity contribution in [3.05, 3.63) is 0 Å². The van der Waals surface area contributed by atoms with E-state index in [0.717, 1.165) is 13.8 Å². The zero-order valence-electron chi connectivity index (χ0n) is 8.25. The molecule has 7 heteroatoms. The minimum absolute atomic E-state index is 0. The standard InChI is InChI=1S/C6H10BO5.Na/c1-4(8)7(11-5(2)9)12-6(3)10;/h7H,1-3H3;/q-1;+1. The molecule has 0 amide bonds. The third-order valence-corrected chi connectivity index (χ3v) is 1.08. The number of hydrogen-bond donors (Lipinski definition) is 0. The molecular formula is C6H10BNaO5. The topological polar surface area (TPSA) is 69.7 Å². The Morgan fingerprint density at radius 1 is 0.923 bits per heavy atom. The Morgan fingerprint density at radius 3 is 1.38 bits per heavy atom. The first kappa shape index (κ1) is 15.2. The molecule has 0 atom stereocenters. The van der Waals surface area contributed by atoms with Crippen LogP contribution in [-0.2, 0) is 23.7 Å². The summed E-state index contributed by atoms with van der Waals surface area (Å²) >= 11 is 0. The van der Waals surface area contributed by atoms with Crippen LogP contribution in [0.5, 0.6) is 0 Å². The predicted molar refractivity (Wildman–Crippen MR) is 41.4 cm³/mol. The zero-order chi connectivity index (χ0) is 9.72. The molecule has 0 bridgehead atoms. The van der Waals surface area contributed by atoms with E-state index in [9.17, 15) is 14.4 Å². The predicted octanol–water partition coefficient (Wildman–Crippen LogP) is -3.53. The first-order valence-corrected chi connectivity index (χ1v) is 3.45. The minimum Gasteiger partial charge on any atom is -0.654 e. The van der Waals surface area contributed by atoms with Crippen LogP contribution in [0.2, 0.25) is 0 Å². The molecule has 0 aromatic heterocycles. The maximum Gasteiger partial charge on any atom is 1.00 e. The van der Waals surface area contributed by atoms with E-state index in [1.54, 1.807) is 0 Å². The fraction of sp³-hybridized carbons (Fsp3) is 0.500. The summed E-state index contributed by atoms with van der Waals surface area (Å²) in [7, 11) is -2.22. The number of carbonyl (C=O) groups is 3. The molecule has 0 saturated heterocycles. The van der Waals surface area contributed by atoms with Crippen LogP contribution < -0.4 is 29.6 Å². The van der Waals surface area contributed by atoms with Crippen LogP contribution in [0.4, 0.5) is 0 Å². The van der Waals surface area contributed by atoms with Crippen molar-refractivity contribution in [3.63, 3.8) is 0 Å². The molecule has 0 aliphatic rings. The van der Waals surface area contributed by atoms with Gasteiger partial charge in [0, 0.05) is 13.8 Å². The van der Waals surface area contributed by atoms with E-state index in [2.05, 4.69) is 9.31 Å². The van der Waals surface area contributed by atoms with Crippen LogP contribution in [0.3, 0.4) is 0 Å². The number of rotatable bonds is 3. The van der Waals surface area contributed by atoms with E-state index in [1.165, 1.54) is 6.92 Å². The molecule has 0 saturated carbocycles. The Hall–Kier alpha value is -0.325. The average Bonchev–Trinajstić information content (AvgIpc) is 1.83. The number of hydrogen-bond acceptors (Lipinski definition) is 5. The molecule has 0 rings (SSSR count). The van der Waals surface area contributed by atoms with Gasteiger partial charge in [0.15, 0.2) is 0 Å². The molecule has 0 aliphatic heterocycles. The van der Waals surface area contributed by atoms with Crippen molar-refractivity contribution in [2.45, 2.75) is 20.8 Å². The summed E-state index contributed by atoms with van der Waals surface area (Å²) in [4.78, 5) is 31.5. The largest absolute Gasteiger partial charge is 1.00 e. The second-order valence-electron chi connectivity index (χ2n) is 2.38. The van der Waals surface area contributed by atoms with Crippen molar-refractivity contribution in [1.82, 2.24) is 0 Å². The Labute approximate surface area is 98.6 Å². The van der Waals surface area contributed by atoms with Gasteiger partial charge in [-0.15, -0.1) is 0 Å². The summed E-state index contributed by atoms with van der Waals surface area (Å²) in [6, 6.07) is 0. The van der Waals surface area contributed by atoms with Crippen molar-refractivity contribution in [1.29, 1.82) is 0 Å². The Balaban J connectivity index is 0. The quantitative estimate of drug-likeness (QED) is 0.437. The molecule has 0 N–H and O–H groups in total. The van der Waals surface area contributed by atoms with Gasteiger partial charge < -0.3 is 14.1 Å². The molecule has 0 aliphatic carbocycles. The van der Waals surface area contributed by atoms with Crippen LogP contribution in [-0.4, -0.2) is 24.7 Å². The molecule has 68 valence electrons. The molecule has 5 nitrogen and oxygen atoms in total.